The van der Waals surface area contributed by atoms with Gasteiger partial charge in [0.2, 0.25) is 0 Å². The van der Waals surface area contributed by atoms with Crippen molar-refractivity contribution in [1.29, 1.82) is 5.26 Å². The van der Waals surface area contributed by atoms with Crippen LogP contribution >= 0.6 is 11.3 Å². The SMILES string of the molecule is N#Cc1cc(-c2cccc(-c3cc(-n4c5ccccc5c5ccccc54)nc(-c4ccccc4)n3)c2)cc(-c2cc3sc4cccc5c6ccccc6c(c2)c3c45)c1. The predicted octanol–water partition coefficient (Wildman–Crippen LogP) is 14.2. The van der Waals surface area contributed by atoms with Crippen LogP contribution in [-0.4, -0.2) is 14.5 Å². The monoisotopic (exact) mass is 754 g/mol. The van der Waals surface area contributed by atoms with Gasteiger partial charge in [-0.05, 0) is 98.4 Å². The van der Waals surface area contributed by atoms with Crippen molar-refractivity contribution in [3.05, 3.63) is 188 Å². The molecule has 0 amide bonds. The molecule has 3 heterocycles. The summed E-state index contributed by atoms with van der Waals surface area (Å²) in [5.41, 5.74) is 9.62. The van der Waals surface area contributed by atoms with Crippen molar-refractivity contribution in [1.82, 2.24) is 14.5 Å². The highest BCUT2D eigenvalue weighted by molar-refractivity contribution is 7.26. The zero-order chi connectivity index (χ0) is 38.3. The van der Waals surface area contributed by atoms with E-state index in [9.17, 15) is 5.26 Å². The van der Waals surface area contributed by atoms with E-state index in [4.69, 9.17) is 9.97 Å². The Labute approximate surface area is 337 Å². The van der Waals surface area contributed by atoms with Crippen LogP contribution in [0.2, 0.25) is 0 Å². The topological polar surface area (TPSA) is 54.5 Å². The molecular formula is C53H30N4S. The number of thiophene rings is 1. The summed E-state index contributed by atoms with van der Waals surface area (Å²) in [6.07, 6.45) is 0. The Hall–Kier alpha value is -7.65. The van der Waals surface area contributed by atoms with Crippen LogP contribution in [0.15, 0.2) is 182 Å². The van der Waals surface area contributed by atoms with Crippen molar-refractivity contribution >= 4 is 74.9 Å². The van der Waals surface area contributed by atoms with Crippen LogP contribution in [0.4, 0.5) is 0 Å². The Balaban J connectivity index is 1.03. The number of fused-ring (bicyclic) bond motifs is 6. The Morgan fingerprint density at radius 3 is 1.74 bits per heavy atom. The number of para-hydroxylation sites is 2. The summed E-state index contributed by atoms with van der Waals surface area (Å²) in [6, 6.07) is 66.4. The molecule has 4 nitrogen and oxygen atoms in total. The maximum absolute atomic E-state index is 10.4. The summed E-state index contributed by atoms with van der Waals surface area (Å²) in [6.45, 7) is 0. The van der Waals surface area contributed by atoms with Crippen molar-refractivity contribution in [2.45, 2.75) is 0 Å². The molecule has 0 aliphatic heterocycles. The van der Waals surface area contributed by atoms with E-state index in [1.165, 1.54) is 52.5 Å². The third-order valence-corrected chi connectivity index (χ3v) is 12.6. The minimum Gasteiger partial charge on any atom is -0.294 e. The molecule has 0 saturated carbocycles. The first kappa shape index (κ1) is 32.6. The largest absolute Gasteiger partial charge is 0.294 e. The lowest BCUT2D eigenvalue weighted by molar-refractivity contribution is 1.05. The lowest BCUT2D eigenvalue weighted by Crippen LogP contribution is -2.02. The Morgan fingerprint density at radius 2 is 0.983 bits per heavy atom. The first-order valence-electron chi connectivity index (χ1n) is 19.4. The molecule has 9 aromatic carbocycles. The van der Waals surface area contributed by atoms with E-state index >= 15 is 0 Å². The summed E-state index contributed by atoms with van der Waals surface area (Å²) in [5, 5.41) is 20.4. The summed E-state index contributed by atoms with van der Waals surface area (Å²) in [4.78, 5) is 10.4. The van der Waals surface area contributed by atoms with Gasteiger partial charge in [-0.1, -0.05) is 121 Å². The molecule has 0 N–H and O–H groups in total. The van der Waals surface area contributed by atoms with Gasteiger partial charge in [0.25, 0.3) is 0 Å². The average molecular weight is 755 g/mol. The average Bonchev–Trinajstić information content (AvgIpc) is 3.85. The van der Waals surface area contributed by atoms with Crippen molar-refractivity contribution in [3.63, 3.8) is 0 Å². The van der Waals surface area contributed by atoms with Crippen LogP contribution in [0.5, 0.6) is 0 Å². The lowest BCUT2D eigenvalue weighted by Gasteiger charge is -2.14. The number of nitrogens with zero attached hydrogens (tertiary/aromatic N) is 4. The van der Waals surface area contributed by atoms with E-state index in [1.807, 2.05) is 41.7 Å². The minimum absolute atomic E-state index is 0.618. The van der Waals surface area contributed by atoms with Crippen LogP contribution in [0, 0.1) is 11.3 Å². The van der Waals surface area contributed by atoms with Crippen LogP contribution in [0.3, 0.4) is 0 Å². The number of benzene rings is 9. The number of nitriles is 1. The molecule has 0 bridgehead atoms. The molecule has 0 saturated heterocycles. The highest BCUT2D eigenvalue weighted by atomic mass is 32.1. The van der Waals surface area contributed by atoms with Crippen LogP contribution < -0.4 is 0 Å². The summed E-state index contributed by atoms with van der Waals surface area (Å²) in [5.74, 6) is 1.46. The van der Waals surface area contributed by atoms with Gasteiger partial charge in [-0.25, -0.2) is 9.97 Å². The molecule has 5 heteroatoms. The second-order valence-corrected chi connectivity index (χ2v) is 16.0. The van der Waals surface area contributed by atoms with E-state index < -0.39 is 0 Å². The Bertz CT molecular complexity index is 3590. The van der Waals surface area contributed by atoms with Gasteiger partial charge in [0.1, 0.15) is 5.82 Å². The molecule has 0 aliphatic rings. The number of hydrogen-bond donors (Lipinski definition) is 0. The zero-order valence-corrected chi connectivity index (χ0v) is 31.8. The van der Waals surface area contributed by atoms with Crippen LogP contribution in [0.1, 0.15) is 5.56 Å². The van der Waals surface area contributed by atoms with Crippen molar-refractivity contribution in [3.8, 4) is 56.8 Å². The second kappa shape index (κ2) is 12.7. The molecule has 3 aromatic heterocycles. The van der Waals surface area contributed by atoms with Crippen LogP contribution in [0.25, 0.3) is 114 Å². The fourth-order valence-electron chi connectivity index (χ4n) is 8.97. The predicted molar refractivity (Wildman–Crippen MR) is 242 cm³/mol. The summed E-state index contributed by atoms with van der Waals surface area (Å²) < 4.78 is 4.80. The van der Waals surface area contributed by atoms with E-state index in [0.29, 0.717) is 11.4 Å². The van der Waals surface area contributed by atoms with E-state index in [-0.39, 0.29) is 0 Å². The first-order chi connectivity index (χ1) is 28.7. The molecule has 0 fully saturated rings. The number of hydrogen-bond acceptors (Lipinski definition) is 4. The molecule has 12 aromatic rings. The molecule has 58 heavy (non-hydrogen) atoms. The van der Waals surface area contributed by atoms with E-state index in [2.05, 4.69) is 162 Å². The van der Waals surface area contributed by atoms with E-state index in [0.717, 1.165) is 55.9 Å². The second-order valence-electron chi connectivity index (χ2n) is 14.9. The summed E-state index contributed by atoms with van der Waals surface area (Å²) >= 11 is 1.84. The van der Waals surface area contributed by atoms with Crippen molar-refractivity contribution in [2.75, 3.05) is 0 Å². The van der Waals surface area contributed by atoms with Gasteiger partial charge in [0.05, 0.1) is 28.4 Å². The van der Waals surface area contributed by atoms with Gasteiger partial charge in [0, 0.05) is 48.1 Å². The van der Waals surface area contributed by atoms with Gasteiger partial charge in [-0.15, -0.1) is 11.3 Å². The first-order valence-corrected chi connectivity index (χ1v) is 20.2. The van der Waals surface area contributed by atoms with Gasteiger partial charge in [0.15, 0.2) is 5.82 Å². The third-order valence-electron chi connectivity index (χ3n) is 11.5. The Morgan fingerprint density at radius 1 is 0.414 bits per heavy atom. The van der Waals surface area contributed by atoms with Gasteiger partial charge >= 0.3 is 0 Å². The molecule has 12 rings (SSSR count). The Kier molecular flexibility index (Phi) is 7.13. The van der Waals surface area contributed by atoms with Crippen molar-refractivity contribution in [2.24, 2.45) is 0 Å². The van der Waals surface area contributed by atoms with Crippen molar-refractivity contribution < 1.29 is 0 Å². The number of aromatic nitrogens is 3. The quantitative estimate of drug-likeness (QED) is 0.164. The molecule has 268 valence electrons. The van der Waals surface area contributed by atoms with E-state index in [1.54, 1.807) is 0 Å². The highest BCUT2D eigenvalue weighted by Crippen LogP contribution is 2.47. The maximum atomic E-state index is 10.4. The fraction of sp³-hybridized carbons (Fsp3) is 0. The number of rotatable bonds is 5. The third kappa shape index (κ3) is 4.99. The van der Waals surface area contributed by atoms with Gasteiger partial charge in [-0.3, -0.25) is 4.57 Å². The maximum Gasteiger partial charge on any atom is 0.162 e. The highest BCUT2D eigenvalue weighted by Gasteiger charge is 2.19. The molecular weight excluding hydrogens is 725 g/mol. The molecule has 0 aliphatic carbocycles. The molecule has 0 spiro atoms. The normalized spacial score (nSPS) is 11.8. The van der Waals surface area contributed by atoms with Gasteiger partial charge < -0.3 is 0 Å². The summed E-state index contributed by atoms with van der Waals surface area (Å²) in [7, 11) is 0. The lowest BCUT2D eigenvalue weighted by atomic mass is 9.90. The molecule has 0 radical (unpaired) electrons. The fourth-order valence-corrected chi connectivity index (χ4v) is 10.2. The molecule has 0 atom stereocenters. The smallest absolute Gasteiger partial charge is 0.162 e. The molecule has 0 unspecified atom stereocenters. The van der Waals surface area contributed by atoms with Crippen LogP contribution in [-0.2, 0) is 0 Å². The van der Waals surface area contributed by atoms with Gasteiger partial charge in [-0.2, -0.15) is 5.26 Å². The minimum atomic E-state index is 0.618. The zero-order valence-electron chi connectivity index (χ0n) is 31.0. The standard InChI is InChI=1S/C53H30N4S/c54-31-32-24-36(27-37(25-32)38-28-44-40-17-5-4-16-39(40)43-20-11-23-48-51(43)52(44)49(29-38)58-48)34-14-10-15-35(26-34)45-30-50(56-53(55-45)33-12-2-1-3-13-33)57-46-21-8-6-18-41(46)42-19-7-9-22-47(42)57/h1-30H.